The average molecular weight is 218 g/mol. The van der Waals surface area contributed by atoms with Gasteiger partial charge in [-0.1, -0.05) is 0 Å². The van der Waals surface area contributed by atoms with Crippen LogP contribution in [0.5, 0.6) is 11.5 Å². The number of ether oxygens (including phenoxy) is 2. The van der Waals surface area contributed by atoms with Crippen molar-refractivity contribution in [2.75, 3.05) is 20.0 Å². The van der Waals surface area contributed by atoms with Gasteiger partial charge in [-0.3, -0.25) is 4.98 Å². The highest BCUT2D eigenvalue weighted by atomic mass is 16.5. The molecule has 84 valence electrons. The Kier molecular flexibility index (Phi) is 2.56. The van der Waals surface area contributed by atoms with Gasteiger partial charge in [-0.2, -0.15) is 0 Å². The Balaban J connectivity index is 2.84. The van der Waals surface area contributed by atoms with E-state index in [-0.39, 0.29) is 0 Å². The Labute approximate surface area is 94.0 Å². The third-order valence-electron chi connectivity index (χ3n) is 2.69. The highest BCUT2D eigenvalue weighted by Crippen LogP contribution is 2.36. The standard InChI is InChI=1S/C12H14N2O2/c1-7-8-4-5-10(15-2)12(16-3)11(8)14-6-9(7)13/h4-6H,13H2,1-3H3. The van der Waals surface area contributed by atoms with Crippen molar-refractivity contribution < 1.29 is 9.47 Å². The van der Waals surface area contributed by atoms with E-state index >= 15 is 0 Å². The number of pyridine rings is 1. The Hall–Kier alpha value is -1.97. The summed E-state index contributed by atoms with van der Waals surface area (Å²) in [6.45, 7) is 1.96. The summed E-state index contributed by atoms with van der Waals surface area (Å²) < 4.78 is 10.5. The van der Waals surface area contributed by atoms with E-state index in [0.717, 1.165) is 16.5 Å². The molecule has 0 amide bonds. The third kappa shape index (κ3) is 1.43. The lowest BCUT2D eigenvalue weighted by Crippen LogP contribution is -1.97. The molecule has 0 saturated heterocycles. The van der Waals surface area contributed by atoms with Crippen LogP contribution < -0.4 is 15.2 Å². The number of anilines is 1. The Morgan fingerprint density at radius 1 is 1.19 bits per heavy atom. The van der Waals surface area contributed by atoms with Crippen molar-refractivity contribution >= 4 is 16.6 Å². The smallest absolute Gasteiger partial charge is 0.187 e. The molecule has 0 fully saturated rings. The zero-order valence-corrected chi connectivity index (χ0v) is 9.57. The SMILES string of the molecule is COc1ccc2c(C)c(N)cnc2c1OC. The number of hydrogen-bond acceptors (Lipinski definition) is 4. The van der Waals surface area contributed by atoms with Crippen molar-refractivity contribution in [2.45, 2.75) is 6.92 Å². The fourth-order valence-corrected chi connectivity index (χ4v) is 1.73. The van der Waals surface area contributed by atoms with Gasteiger partial charge in [0.2, 0.25) is 0 Å². The van der Waals surface area contributed by atoms with Crippen LogP contribution >= 0.6 is 0 Å². The van der Waals surface area contributed by atoms with Crippen LogP contribution in [0.4, 0.5) is 5.69 Å². The molecule has 2 aromatic rings. The summed E-state index contributed by atoms with van der Waals surface area (Å²) in [6, 6.07) is 3.80. The molecule has 4 nitrogen and oxygen atoms in total. The van der Waals surface area contributed by atoms with Crippen molar-refractivity contribution in [3.05, 3.63) is 23.9 Å². The average Bonchev–Trinajstić information content (AvgIpc) is 2.32. The summed E-state index contributed by atoms with van der Waals surface area (Å²) >= 11 is 0. The molecule has 0 saturated carbocycles. The van der Waals surface area contributed by atoms with Gasteiger partial charge in [0.1, 0.15) is 5.52 Å². The number of aryl methyl sites for hydroxylation is 1. The molecule has 2 rings (SSSR count). The topological polar surface area (TPSA) is 57.4 Å². The molecule has 1 aromatic carbocycles. The zero-order chi connectivity index (χ0) is 11.7. The lowest BCUT2D eigenvalue weighted by atomic mass is 10.1. The van der Waals surface area contributed by atoms with Gasteiger partial charge in [-0.25, -0.2) is 0 Å². The van der Waals surface area contributed by atoms with Crippen LogP contribution in [0.1, 0.15) is 5.56 Å². The quantitative estimate of drug-likeness (QED) is 0.839. The largest absolute Gasteiger partial charge is 0.493 e. The third-order valence-corrected chi connectivity index (χ3v) is 2.69. The van der Waals surface area contributed by atoms with Gasteiger partial charge in [0.15, 0.2) is 11.5 Å². The van der Waals surface area contributed by atoms with Crippen molar-refractivity contribution in [3.63, 3.8) is 0 Å². The summed E-state index contributed by atoms with van der Waals surface area (Å²) in [5.41, 5.74) is 8.27. The molecule has 0 unspecified atom stereocenters. The highest BCUT2D eigenvalue weighted by Gasteiger charge is 2.12. The van der Waals surface area contributed by atoms with E-state index in [4.69, 9.17) is 15.2 Å². The summed E-state index contributed by atoms with van der Waals surface area (Å²) in [5.74, 6) is 1.31. The number of nitrogens with zero attached hydrogens (tertiary/aromatic N) is 1. The maximum absolute atomic E-state index is 5.81. The molecule has 0 atom stereocenters. The lowest BCUT2D eigenvalue weighted by molar-refractivity contribution is 0.358. The molecule has 1 heterocycles. The van der Waals surface area contributed by atoms with Crippen LogP contribution in [-0.4, -0.2) is 19.2 Å². The van der Waals surface area contributed by atoms with Gasteiger partial charge in [-0.05, 0) is 24.6 Å². The molecule has 0 aliphatic heterocycles. The molecule has 4 heteroatoms. The molecule has 16 heavy (non-hydrogen) atoms. The summed E-state index contributed by atoms with van der Waals surface area (Å²) in [5, 5.41) is 0.984. The molecular weight excluding hydrogens is 204 g/mol. The monoisotopic (exact) mass is 218 g/mol. The van der Waals surface area contributed by atoms with E-state index in [9.17, 15) is 0 Å². The summed E-state index contributed by atoms with van der Waals surface area (Å²) in [6.07, 6.45) is 1.64. The molecule has 0 spiro atoms. The van der Waals surface area contributed by atoms with Crippen LogP contribution in [-0.2, 0) is 0 Å². The minimum Gasteiger partial charge on any atom is -0.493 e. The second kappa shape index (κ2) is 3.89. The van der Waals surface area contributed by atoms with Crippen molar-refractivity contribution in [1.29, 1.82) is 0 Å². The highest BCUT2D eigenvalue weighted by molar-refractivity contribution is 5.92. The van der Waals surface area contributed by atoms with Gasteiger partial charge >= 0.3 is 0 Å². The maximum atomic E-state index is 5.81. The molecule has 2 N–H and O–H groups in total. The van der Waals surface area contributed by atoms with Gasteiger partial charge < -0.3 is 15.2 Å². The number of aromatic nitrogens is 1. The molecule has 0 aliphatic carbocycles. The van der Waals surface area contributed by atoms with Gasteiger partial charge in [0, 0.05) is 5.39 Å². The predicted molar refractivity (Wildman–Crippen MR) is 64.0 cm³/mol. The Bertz CT molecular complexity index is 538. The van der Waals surface area contributed by atoms with Crippen LogP contribution in [0.15, 0.2) is 18.3 Å². The predicted octanol–water partition coefficient (Wildman–Crippen LogP) is 2.14. The summed E-state index contributed by atoms with van der Waals surface area (Å²) in [4.78, 5) is 4.29. The number of methoxy groups -OCH3 is 2. The number of fused-ring (bicyclic) bond motifs is 1. The fourth-order valence-electron chi connectivity index (χ4n) is 1.73. The van der Waals surface area contributed by atoms with Crippen LogP contribution in [0, 0.1) is 6.92 Å². The van der Waals surface area contributed by atoms with Gasteiger partial charge in [0.25, 0.3) is 0 Å². The first-order chi connectivity index (χ1) is 7.69. The van der Waals surface area contributed by atoms with E-state index < -0.39 is 0 Å². The first kappa shape index (κ1) is 10.5. The number of rotatable bonds is 2. The lowest BCUT2D eigenvalue weighted by Gasteiger charge is -2.11. The van der Waals surface area contributed by atoms with Gasteiger partial charge in [-0.15, -0.1) is 0 Å². The normalized spacial score (nSPS) is 10.4. The first-order valence-corrected chi connectivity index (χ1v) is 4.94. The van der Waals surface area contributed by atoms with Crippen LogP contribution in [0.25, 0.3) is 10.9 Å². The van der Waals surface area contributed by atoms with E-state index in [1.165, 1.54) is 0 Å². The number of nitrogens with two attached hydrogens (primary N) is 1. The number of benzene rings is 1. The zero-order valence-electron chi connectivity index (χ0n) is 9.57. The van der Waals surface area contributed by atoms with E-state index in [1.807, 2.05) is 19.1 Å². The maximum Gasteiger partial charge on any atom is 0.187 e. The first-order valence-electron chi connectivity index (χ1n) is 4.94. The molecule has 0 bridgehead atoms. The minimum absolute atomic E-state index is 0.642. The summed E-state index contributed by atoms with van der Waals surface area (Å²) in [7, 11) is 3.21. The Morgan fingerprint density at radius 3 is 2.56 bits per heavy atom. The van der Waals surface area contributed by atoms with Crippen molar-refractivity contribution in [1.82, 2.24) is 4.98 Å². The van der Waals surface area contributed by atoms with Crippen LogP contribution in [0.3, 0.4) is 0 Å². The molecule has 0 aliphatic rings. The minimum atomic E-state index is 0.642. The fraction of sp³-hybridized carbons (Fsp3) is 0.250. The number of nitrogen functional groups attached to an aromatic ring is 1. The number of hydrogen-bond donors (Lipinski definition) is 1. The van der Waals surface area contributed by atoms with Gasteiger partial charge in [0.05, 0.1) is 26.1 Å². The van der Waals surface area contributed by atoms with E-state index in [2.05, 4.69) is 4.98 Å². The second-order valence-electron chi connectivity index (χ2n) is 3.54. The second-order valence-corrected chi connectivity index (χ2v) is 3.54. The van der Waals surface area contributed by atoms with Crippen molar-refractivity contribution in [2.24, 2.45) is 0 Å². The van der Waals surface area contributed by atoms with Crippen LogP contribution in [0.2, 0.25) is 0 Å². The Morgan fingerprint density at radius 2 is 1.94 bits per heavy atom. The van der Waals surface area contributed by atoms with Crippen molar-refractivity contribution in [3.8, 4) is 11.5 Å². The molecule has 1 aromatic heterocycles. The van der Waals surface area contributed by atoms with E-state index in [1.54, 1.807) is 20.4 Å². The molecular formula is C12H14N2O2. The van der Waals surface area contributed by atoms with E-state index in [0.29, 0.717) is 17.2 Å². The molecule has 0 radical (unpaired) electrons.